The molecule has 1 aliphatic heterocycles. The Morgan fingerprint density at radius 1 is 1.23 bits per heavy atom. The van der Waals surface area contributed by atoms with Crippen LogP contribution in [0.25, 0.3) is 11.2 Å². The lowest BCUT2D eigenvalue weighted by Crippen LogP contribution is -2.40. The average molecular weight is 305 g/mol. The van der Waals surface area contributed by atoms with Crippen LogP contribution in [-0.2, 0) is 7.05 Å². The highest BCUT2D eigenvalue weighted by atomic mass is 16.2. The molecule has 22 heavy (non-hydrogen) atoms. The molecule has 0 spiro atoms. The molecule has 0 bridgehead atoms. The minimum atomic E-state index is -0.303. The molecule has 120 valence electrons. The van der Waals surface area contributed by atoms with Gasteiger partial charge in [-0.05, 0) is 46.7 Å². The smallest absolute Gasteiger partial charge is 0.319 e. The molecule has 7 nitrogen and oxygen atoms in total. The monoisotopic (exact) mass is 305 g/mol. The van der Waals surface area contributed by atoms with Crippen molar-refractivity contribution in [2.75, 3.05) is 13.1 Å². The molecular formula is C15H23N5O2. The molecule has 0 aromatic carbocycles. The summed E-state index contributed by atoms with van der Waals surface area (Å²) < 4.78 is 4.85. The number of rotatable bonds is 2. The van der Waals surface area contributed by atoms with Crippen LogP contribution in [0.1, 0.15) is 44.6 Å². The van der Waals surface area contributed by atoms with E-state index < -0.39 is 0 Å². The summed E-state index contributed by atoms with van der Waals surface area (Å²) in [6, 6.07) is 0.217. The summed E-state index contributed by atoms with van der Waals surface area (Å²) in [5.41, 5.74) is 0.512. The third-order valence-corrected chi connectivity index (χ3v) is 4.49. The highest BCUT2D eigenvalue weighted by molar-refractivity contribution is 5.71. The second-order valence-electron chi connectivity index (χ2n) is 6.29. The van der Waals surface area contributed by atoms with Gasteiger partial charge in [0.1, 0.15) is 5.82 Å². The highest BCUT2D eigenvalue weighted by Crippen LogP contribution is 2.25. The van der Waals surface area contributed by atoms with E-state index in [1.54, 1.807) is 4.57 Å². The zero-order valence-corrected chi connectivity index (χ0v) is 13.6. The number of aromatic nitrogens is 4. The molecule has 0 amide bonds. The van der Waals surface area contributed by atoms with E-state index in [2.05, 4.69) is 10.3 Å². The Labute approximate surface area is 128 Å². The minimum Gasteiger partial charge on any atom is -0.319 e. The predicted molar refractivity (Wildman–Crippen MR) is 85.5 cm³/mol. The second kappa shape index (κ2) is 5.39. The third-order valence-electron chi connectivity index (χ3n) is 4.49. The number of piperidine rings is 1. The van der Waals surface area contributed by atoms with Crippen molar-refractivity contribution in [3.05, 3.63) is 26.7 Å². The fraction of sp³-hybridized carbons (Fsp3) is 0.667. The molecule has 0 aliphatic carbocycles. The van der Waals surface area contributed by atoms with E-state index in [4.69, 9.17) is 0 Å². The lowest BCUT2D eigenvalue weighted by molar-refractivity contribution is 0.369. The average Bonchev–Trinajstić information content (AvgIpc) is 2.82. The van der Waals surface area contributed by atoms with Crippen molar-refractivity contribution in [3.63, 3.8) is 0 Å². The first-order chi connectivity index (χ1) is 10.4. The van der Waals surface area contributed by atoms with Crippen LogP contribution in [0.3, 0.4) is 0 Å². The number of imidazole rings is 1. The van der Waals surface area contributed by atoms with Crippen molar-refractivity contribution < 1.29 is 0 Å². The molecule has 0 unspecified atom stereocenters. The molecule has 0 saturated carbocycles. The summed E-state index contributed by atoms with van der Waals surface area (Å²) in [5.74, 6) is 0.805. The maximum Gasteiger partial charge on any atom is 0.332 e. The number of aryl methyl sites for hydroxylation is 1. The van der Waals surface area contributed by atoms with E-state index in [1.165, 1.54) is 11.6 Å². The van der Waals surface area contributed by atoms with Gasteiger partial charge in [0.25, 0.3) is 5.56 Å². The van der Waals surface area contributed by atoms with Crippen molar-refractivity contribution >= 4 is 11.2 Å². The SMILES string of the molecule is Cc1nc2c(c(=O)n(C)c(=O)n2C(C)C)n1C1CCNCC1. The zero-order chi connectivity index (χ0) is 16.0. The Morgan fingerprint density at radius 2 is 1.86 bits per heavy atom. The van der Waals surface area contributed by atoms with Gasteiger partial charge in [0.15, 0.2) is 11.2 Å². The van der Waals surface area contributed by atoms with Gasteiger partial charge in [-0.2, -0.15) is 0 Å². The summed E-state index contributed by atoms with van der Waals surface area (Å²) >= 11 is 0. The molecule has 1 aliphatic rings. The Bertz CT molecular complexity index is 821. The second-order valence-corrected chi connectivity index (χ2v) is 6.29. The Morgan fingerprint density at radius 3 is 2.45 bits per heavy atom. The van der Waals surface area contributed by atoms with E-state index in [0.717, 1.165) is 31.8 Å². The van der Waals surface area contributed by atoms with Gasteiger partial charge in [0, 0.05) is 19.1 Å². The van der Waals surface area contributed by atoms with Crippen molar-refractivity contribution in [1.82, 2.24) is 24.0 Å². The summed E-state index contributed by atoms with van der Waals surface area (Å²) in [5, 5.41) is 3.34. The van der Waals surface area contributed by atoms with Gasteiger partial charge in [-0.25, -0.2) is 9.78 Å². The largest absolute Gasteiger partial charge is 0.332 e. The third kappa shape index (κ3) is 2.11. The van der Waals surface area contributed by atoms with Gasteiger partial charge in [-0.15, -0.1) is 0 Å². The van der Waals surface area contributed by atoms with Crippen LogP contribution < -0.4 is 16.6 Å². The number of hydrogen-bond acceptors (Lipinski definition) is 4. The maximum absolute atomic E-state index is 12.7. The van der Waals surface area contributed by atoms with E-state index >= 15 is 0 Å². The minimum absolute atomic E-state index is 0.0439. The van der Waals surface area contributed by atoms with Crippen LogP contribution in [0.4, 0.5) is 0 Å². The molecule has 7 heteroatoms. The van der Waals surface area contributed by atoms with Crippen LogP contribution in [-0.4, -0.2) is 31.8 Å². The summed E-state index contributed by atoms with van der Waals surface area (Å²) in [7, 11) is 1.54. The van der Waals surface area contributed by atoms with E-state index in [1.807, 2.05) is 25.3 Å². The van der Waals surface area contributed by atoms with Gasteiger partial charge in [0.2, 0.25) is 0 Å². The van der Waals surface area contributed by atoms with Crippen LogP contribution in [0.5, 0.6) is 0 Å². The van der Waals surface area contributed by atoms with E-state index in [0.29, 0.717) is 11.2 Å². The molecule has 1 fully saturated rings. The van der Waals surface area contributed by atoms with E-state index in [-0.39, 0.29) is 23.3 Å². The summed E-state index contributed by atoms with van der Waals surface area (Å²) in [6.07, 6.45) is 1.94. The van der Waals surface area contributed by atoms with Gasteiger partial charge in [-0.3, -0.25) is 13.9 Å². The first-order valence-corrected chi connectivity index (χ1v) is 7.84. The van der Waals surface area contributed by atoms with Crippen LogP contribution >= 0.6 is 0 Å². The summed E-state index contributed by atoms with van der Waals surface area (Å²) in [4.78, 5) is 29.6. The molecule has 0 radical (unpaired) electrons. The number of nitrogens with zero attached hydrogens (tertiary/aromatic N) is 4. The number of hydrogen-bond donors (Lipinski definition) is 1. The standard InChI is InChI=1S/C15H23N5O2/c1-9(2)19-13-12(14(21)18(4)15(19)22)20(10(3)17-13)11-5-7-16-8-6-11/h9,11,16H,5-8H2,1-4H3. The Balaban J connectivity index is 2.38. The van der Waals surface area contributed by atoms with Crippen molar-refractivity contribution in [1.29, 1.82) is 0 Å². The summed E-state index contributed by atoms with van der Waals surface area (Å²) in [6.45, 7) is 7.66. The molecule has 1 N–H and O–H groups in total. The zero-order valence-electron chi connectivity index (χ0n) is 13.6. The molecule has 0 atom stereocenters. The fourth-order valence-corrected chi connectivity index (χ4v) is 3.37. The molecule has 1 saturated heterocycles. The highest BCUT2D eigenvalue weighted by Gasteiger charge is 2.25. The number of fused-ring (bicyclic) bond motifs is 1. The van der Waals surface area contributed by atoms with Gasteiger partial charge >= 0.3 is 5.69 Å². The molecule has 2 aromatic rings. The normalized spacial score (nSPS) is 16.8. The van der Waals surface area contributed by atoms with Crippen LogP contribution in [0, 0.1) is 6.92 Å². The van der Waals surface area contributed by atoms with Crippen LogP contribution in [0.2, 0.25) is 0 Å². The van der Waals surface area contributed by atoms with Crippen molar-refractivity contribution in [2.24, 2.45) is 7.05 Å². The molecular weight excluding hydrogens is 282 g/mol. The van der Waals surface area contributed by atoms with Crippen LogP contribution in [0.15, 0.2) is 9.59 Å². The van der Waals surface area contributed by atoms with Crippen molar-refractivity contribution in [3.8, 4) is 0 Å². The van der Waals surface area contributed by atoms with Crippen molar-refractivity contribution in [2.45, 2.75) is 45.7 Å². The number of nitrogens with one attached hydrogen (secondary N) is 1. The first-order valence-electron chi connectivity index (χ1n) is 7.84. The lowest BCUT2D eigenvalue weighted by atomic mass is 10.1. The fourth-order valence-electron chi connectivity index (χ4n) is 3.37. The predicted octanol–water partition coefficient (Wildman–Crippen LogP) is 0.711. The maximum atomic E-state index is 12.7. The Kier molecular flexibility index (Phi) is 3.68. The molecule has 3 heterocycles. The lowest BCUT2D eigenvalue weighted by Gasteiger charge is -2.25. The molecule has 3 rings (SSSR count). The first kappa shape index (κ1) is 15.0. The Hall–Kier alpha value is -1.89. The van der Waals surface area contributed by atoms with Gasteiger partial charge < -0.3 is 9.88 Å². The molecule has 2 aromatic heterocycles. The van der Waals surface area contributed by atoms with E-state index in [9.17, 15) is 9.59 Å². The van der Waals surface area contributed by atoms with Gasteiger partial charge in [0.05, 0.1) is 0 Å². The topological polar surface area (TPSA) is 73.8 Å². The van der Waals surface area contributed by atoms with Gasteiger partial charge in [-0.1, -0.05) is 0 Å². The quantitative estimate of drug-likeness (QED) is 0.887.